The van der Waals surface area contributed by atoms with E-state index < -0.39 is 0 Å². The fraction of sp³-hybridized carbons (Fsp3) is 0.312. The zero-order chi connectivity index (χ0) is 14.0. The summed E-state index contributed by atoms with van der Waals surface area (Å²) in [5.41, 5.74) is 2.59. The van der Waals surface area contributed by atoms with Crippen molar-refractivity contribution in [2.24, 2.45) is 0 Å². The Morgan fingerprint density at radius 3 is 2.47 bits per heavy atom. The van der Waals surface area contributed by atoms with E-state index in [0.29, 0.717) is 17.2 Å². The Balaban J connectivity index is 2.27. The molecular weight excluding hydrogens is 238 g/mol. The van der Waals surface area contributed by atoms with E-state index in [1.54, 1.807) is 13.0 Å². The van der Waals surface area contributed by atoms with Gasteiger partial charge in [-0.25, -0.2) is 0 Å². The number of aryl methyl sites for hydroxylation is 2. The third-order valence-electron chi connectivity index (χ3n) is 3.12. The lowest BCUT2D eigenvalue weighted by atomic mass is 10.0. The molecule has 0 aliphatic carbocycles. The number of carbonyl (C=O) groups excluding carboxylic acids is 1. The molecule has 1 aromatic carbocycles. The maximum atomic E-state index is 12.3. The van der Waals surface area contributed by atoms with Gasteiger partial charge in [-0.3, -0.25) is 4.79 Å². The number of benzene rings is 1. The molecule has 1 N–H and O–H groups in total. The standard InChI is InChI=1S/C16H19NO2/c1-10(2)13-7-5-6-8-15(13)17-16(18)14-9-11(3)19-12(14)4/h5-10H,1-4H3,(H,17,18). The molecule has 1 heterocycles. The van der Waals surface area contributed by atoms with Crippen LogP contribution in [-0.2, 0) is 0 Å². The van der Waals surface area contributed by atoms with Crippen molar-refractivity contribution in [1.29, 1.82) is 0 Å². The summed E-state index contributed by atoms with van der Waals surface area (Å²) in [5, 5.41) is 2.96. The average Bonchev–Trinajstić information content (AvgIpc) is 2.69. The minimum Gasteiger partial charge on any atom is -0.466 e. The van der Waals surface area contributed by atoms with E-state index in [1.807, 2.05) is 31.2 Å². The predicted octanol–water partition coefficient (Wildman–Crippen LogP) is 4.27. The highest BCUT2D eigenvalue weighted by Crippen LogP contribution is 2.25. The van der Waals surface area contributed by atoms with Crippen molar-refractivity contribution < 1.29 is 9.21 Å². The number of anilines is 1. The molecule has 2 rings (SSSR count). The van der Waals surface area contributed by atoms with E-state index in [1.165, 1.54) is 0 Å². The van der Waals surface area contributed by atoms with Gasteiger partial charge in [0.15, 0.2) is 0 Å². The topological polar surface area (TPSA) is 42.2 Å². The van der Waals surface area contributed by atoms with Crippen LogP contribution >= 0.6 is 0 Å². The minimum absolute atomic E-state index is 0.123. The lowest BCUT2D eigenvalue weighted by Crippen LogP contribution is -2.13. The molecule has 1 amide bonds. The number of carbonyl (C=O) groups is 1. The van der Waals surface area contributed by atoms with Gasteiger partial charge in [0, 0.05) is 5.69 Å². The highest BCUT2D eigenvalue weighted by Gasteiger charge is 2.15. The lowest BCUT2D eigenvalue weighted by molar-refractivity contribution is 0.102. The summed E-state index contributed by atoms with van der Waals surface area (Å²) in [6, 6.07) is 9.64. The molecule has 0 aliphatic rings. The summed E-state index contributed by atoms with van der Waals surface area (Å²) in [5.74, 6) is 1.64. The Bertz CT molecular complexity index is 597. The van der Waals surface area contributed by atoms with Crippen LogP contribution in [0.3, 0.4) is 0 Å². The Labute approximate surface area is 113 Å². The van der Waals surface area contributed by atoms with Crippen molar-refractivity contribution in [3.8, 4) is 0 Å². The first-order valence-corrected chi connectivity index (χ1v) is 6.46. The van der Waals surface area contributed by atoms with Gasteiger partial charge in [-0.2, -0.15) is 0 Å². The van der Waals surface area contributed by atoms with Gasteiger partial charge < -0.3 is 9.73 Å². The monoisotopic (exact) mass is 257 g/mol. The summed E-state index contributed by atoms with van der Waals surface area (Å²) in [7, 11) is 0. The number of furan rings is 1. The molecule has 2 aromatic rings. The molecule has 3 nitrogen and oxygen atoms in total. The molecule has 0 spiro atoms. The maximum Gasteiger partial charge on any atom is 0.259 e. The SMILES string of the molecule is Cc1cc(C(=O)Nc2ccccc2C(C)C)c(C)o1. The van der Waals surface area contributed by atoms with Crippen LogP contribution in [0.2, 0.25) is 0 Å². The summed E-state index contributed by atoms with van der Waals surface area (Å²) in [6.07, 6.45) is 0. The van der Waals surface area contributed by atoms with Gasteiger partial charge in [0.2, 0.25) is 0 Å². The number of rotatable bonds is 3. The highest BCUT2D eigenvalue weighted by atomic mass is 16.3. The molecule has 0 unspecified atom stereocenters. The van der Waals surface area contributed by atoms with Gasteiger partial charge in [-0.1, -0.05) is 32.0 Å². The number of amides is 1. The van der Waals surface area contributed by atoms with Gasteiger partial charge in [0.05, 0.1) is 5.56 Å². The molecule has 3 heteroatoms. The summed E-state index contributed by atoms with van der Waals surface area (Å²) in [6.45, 7) is 7.86. The van der Waals surface area contributed by atoms with E-state index in [4.69, 9.17) is 4.42 Å². The van der Waals surface area contributed by atoms with Gasteiger partial charge in [-0.15, -0.1) is 0 Å². The van der Waals surface area contributed by atoms with Crippen LogP contribution in [0.4, 0.5) is 5.69 Å². The van der Waals surface area contributed by atoms with Gasteiger partial charge in [-0.05, 0) is 37.5 Å². The second kappa shape index (κ2) is 5.31. The first kappa shape index (κ1) is 13.4. The first-order valence-electron chi connectivity index (χ1n) is 6.46. The van der Waals surface area contributed by atoms with Gasteiger partial charge in [0.1, 0.15) is 11.5 Å². The largest absolute Gasteiger partial charge is 0.466 e. The quantitative estimate of drug-likeness (QED) is 0.892. The molecule has 0 saturated heterocycles. The summed E-state index contributed by atoms with van der Waals surface area (Å²) >= 11 is 0. The van der Waals surface area contributed by atoms with Crippen molar-refractivity contribution in [3.63, 3.8) is 0 Å². The van der Waals surface area contributed by atoms with Crippen molar-refractivity contribution in [1.82, 2.24) is 0 Å². The van der Waals surface area contributed by atoms with Crippen molar-refractivity contribution in [2.75, 3.05) is 5.32 Å². The van der Waals surface area contributed by atoms with Crippen LogP contribution < -0.4 is 5.32 Å². The Kier molecular flexibility index (Phi) is 3.74. The predicted molar refractivity (Wildman–Crippen MR) is 76.7 cm³/mol. The Hall–Kier alpha value is -2.03. The van der Waals surface area contributed by atoms with Crippen molar-refractivity contribution in [3.05, 3.63) is 53.0 Å². The summed E-state index contributed by atoms with van der Waals surface area (Å²) < 4.78 is 5.39. The zero-order valence-corrected chi connectivity index (χ0v) is 11.8. The van der Waals surface area contributed by atoms with Crippen LogP contribution in [0.5, 0.6) is 0 Å². The van der Waals surface area contributed by atoms with Gasteiger partial charge >= 0.3 is 0 Å². The van der Waals surface area contributed by atoms with Crippen LogP contribution in [0, 0.1) is 13.8 Å². The minimum atomic E-state index is -0.123. The second-order valence-corrected chi connectivity index (χ2v) is 5.02. The maximum absolute atomic E-state index is 12.3. The average molecular weight is 257 g/mol. The van der Waals surface area contributed by atoms with Crippen LogP contribution in [0.25, 0.3) is 0 Å². The number of nitrogens with one attached hydrogen (secondary N) is 1. The Morgan fingerprint density at radius 1 is 1.21 bits per heavy atom. The molecule has 0 saturated carbocycles. The third-order valence-corrected chi connectivity index (χ3v) is 3.12. The molecule has 0 bridgehead atoms. The van der Waals surface area contributed by atoms with Crippen LogP contribution in [-0.4, -0.2) is 5.91 Å². The smallest absolute Gasteiger partial charge is 0.259 e. The lowest BCUT2D eigenvalue weighted by Gasteiger charge is -2.13. The van der Waals surface area contributed by atoms with Gasteiger partial charge in [0.25, 0.3) is 5.91 Å². The molecule has 19 heavy (non-hydrogen) atoms. The molecule has 0 radical (unpaired) electrons. The fourth-order valence-corrected chi connectivity index (χ4v) is 2.16. The van der Waals surface area contributed by atoms with Crippen molar-refractivity contribution in [2.45, 2.75) is 33.6 Å². The number of hydrogen-bond acceptors (Lipinski definition) is 2. The molecule has 0 fully saturated rings. The fourth-order valence-electron chi connectivity index (χ4n) is 2.16. The van der Waals surface area contributed by atoms with Crippen molar-refractivity contribution >= 4 is 11.6 Å². The highest BCUT2D eigenvalue weighted by molar-refractivity contribution is 6.05. The molecule has 100 valence electrons. The van der Waals surface area contributed by atoms with Crippen LogP contribution in [0.1, 0.15) is 47.2 Å². The van der Waals surface area contributed by atoms with Crippen LogP contribution in [0.15, 0.2) is 34.7 Å². The second-order valence-electron chi connectivity index (χ2n) is 5.02. The zero-order valence-electron chi connectivity index (χ0n) is 11.8. The van der Waals surface area contributed by atoms with E-state index >= 15 is 0 Å². The first-order chi connectivity index (χ1) is 8.99. The number of hydrogen-bond donors (Lipinski definition) is 1. The molecule has 0 aliphatic heterocycles. The number of para-hydroxylation sites is 1. The molecule has 1 aromatic heterocycles. The molecule has 0 atom stereocenters. The normalized spacial score (nSPS) is 10.8. The molecular formula is C16H19NO2. The summed E-state index contributed by atoms with van der Waals surface area (Å²) in [4.78, 5) is 12.3. The van der Waals surface area contributed by atoms with E-state index in [2.05, 4.69) is 19.2 Å². The van der Waals surface area contributed by atoms with E-state index in [-0.39, 0.29) is 5.91 Å². The third kappa shape index (κ3) is 2.87. The van der Waals surface area contributed by atoms with E-state index in [0.717, 1.165) is 17.0 Å². The Morgan fingerprint density at radius 2 is 1.89 bits per heavy atom. The van der Waals surface area contributed by atoms with E-state index in [9.17, 15) is 4.79 Å².